The number of hydrogen-bond acceptors (Lipinski definition) is 5. The first kappa shape index (κ1) is 29.7. The molecule has 0 aliphatic heterocycles. The highest BCUT2D eigenvalue weighted by atomic mass is 16.5. The van der Waals surface area contributed by atoms with E-state index >= 15 is 0 Å². The molecule has 6 nitrogen and oxygen atoms in total. The van der Waals surface area contributed by atoms with Gasteiger partial charge in [-0.15, -0.1) is 0 Å². The van der Waals surface area contributed by atoms with Crippen molar-refractivity contribution >= 4 is 17.9 Å². The molecule has 1 rings (SSSR count). The topological polar surface area (TPSA) is 89.9 Å². The van der Waals surface area contributed by atoms with Gasteiger partial charge in [-0.25, -0.2) is 0 Å². The van der Waals surface area contributed by atoms with Crippen molar-refractivity contribution in [3.05, 3.63) is 36.5 Å². The molecule has 0 saturated carbocycles. The summed E-state index contributed by atoms with van der Waals surface area (Å²) >= 11 is 0. The van der Waals surface area contributed by atoms with Crippen molar-refractivity contribution in [2.75, 3.05) is 0 Å². The number of carboxylic acid groups (broad SMARTS) is 1. The smallest absolute Gasteiger partial charge is 0.303 e. The van der Waals surface area contributed by atoms with E-state index in [9.17, 15) is 14.4 Å². The van der Waals surface area contributed by atoms with Gasteiger partial charge in [0.1, 0.15) is 12.2 Å². The molecule has 0 aromatic rings. The van der Waals surface area contributed by atoms with E-state index in [4.69, 9.17) is 14.6 Å². The van der Waals surface area contributed by atoms with Crippen LogP contribution in [0, 0.1) is 11.8 Å². The van der Waals surface area contributed by atoms with Crippen molar-refractivity contribution in [2.45, 2.75) is 110 Å². The molecule has 4 atom stereocenters. The van der Waals surface area contributed by atoms with Crippen molar-refractivity contribution in [1.82, 2.24) is 0 Å². The molecule has 0 saturated heterocycles. The zero-order chi connectivity index (χ0) is 25.2. The summed E-state index contributed by atoms with van der Waals surface area (Å²) in [5.41, 5.74) is 0. The molecule has 1 aliphatic carbocycles. The van der Waals surface area contributed by atoms with E-state index in [-0.39, 0.29) is 42.4 Å². The summed E-state index contributed by atoms with van der Waals surface area (Å²) in [7, 11) is 0. The number of allylic oxidation sites excluding steroid dienone is 5. The van der Waals surface area contributed by atoms with Gasteiger partial charge in [-0.05, 0) is 50.5 Å². The lowest BCUT2D eigenvalue weighted by Gasteiger charge is -2.33. The minimum absolute atomic E-state index is 0.0692. The minimum atomic E-state index is -0.838. The second-order valence-corrected chi connectivity index (χ2v) is 9.18. The van der Waals surface area contributed by atoms with Gasteiger partial charge in [-0.1, -0.05) is 69.4 Å². The van der Waals surface area contributed by atoms with Crippen LogP contribution in [0.25, 0.3) is 0 Å². The minimum Gasteiger partial charge on any atom is -0.481 e. The molecule has 0 spiro atoms. The third-order valence-corrected chi connectivity index (χ3v) is 6.16. The Morgan fingerprint density at radius 3 is 2.26 bits per heavy atom. The third-order valence-electron chi connectivity index (χ3n) is 6.16. The highest BCUT2D eigenvalue weighted by Gasteiger charge is 2.30. The van der Waals surface area contributed by atoms with Gasteiger partial charge in [0.05, 0.1) is 0 Å². The molecule has 6 heteroatoms. The van der Waals surface area contributed by atoms with Gasteiger partial charge in [0.25, 0.3) is 0 Å². The number of carboxylic acids is 1. The maximum Gasteiger partial charge on any atom is 0.303 e. The SMILES string of the molecule is CCCCCCCCC(/C=C/C=C/C1CC=CCC1C(CCCC(=O)O)OC(C)=O)OC(C)=O. The lowest BCUT2D eigenvalue weighted by atomic mass is 9.78. The summed E-state index contributed by atoms with van der Waals surface area (Å²) in [4.78, 5) is 34.0. The summed E-state index contributed by atoms with van der Waals surface area (Å²) in [5.74, 6) is -1.15. The van der Waals surface area contributed by atoms with Crippen LogP contribution in [0.2, 0.25) is 0 Å². The van der Waals surface area contributed by atoms with Gasteiger partial charge in [-0.2, -0.15) is 0 Å². The molecule has 0 heterocycles. The molecule has 34 heavy (non-hydrogen) atoms. The molecule has 4 unspecified atom stereocenters. The van der Waals surface area contributed by atoms with Crippen molar-refractivity contribution < 1.29 is 29.0 Å². The highest BCUT2D eigenvalue weighted by molar-refractivity contribution is 5.67. The van der Waals surface area contributed by atoms with E-state index in [1.807, 2.05) is 18.2 Å². The van der Waals surface area contributed by atoms with Gasteiger partial charge < -0.3 is 14.6 Å². The Morgan fingerprint density at radius 2 is 1.59 bits per heavy atom. The van der Waals surface area contributed by atoms with E-state index in [1.54, 1.807) is 0 Å². The lowest BCUT2D eigenvalue weighted by Crippen LogP contribution is -2.32. The normalized spacial score (nSPS) is 19.9. The van der Waals surface area contributed by atoms with Crippen LogP contribution in [0.3, 0.4) is 0 Å². The highest BCUT2D eigenvalue weighted by Crippen LogP contribution is 2.33. The maximum absolute atomic E-state index is 11.7. The van der Waals surface area contributed by atoms with Gasteiger partial charge in [0.2, 0.25) is 0 Å². The molecule has 1 N–H and O–H groups in total. The van der Waals surface area contributed by atoms with Gasteiger partial charge >= 0.3 is 17.9 Å². The number of esters is 2. The summed E-state index contributed by atoms with van der Waals surface area (Å²) in [5, 5.41) is 8.95. The third kappa shape index (κ3) is 14.0. The fourth-order valence-electron chi connectivity index (χ4n) is 4.46. The Morgan fingerprint density at radius 1 is 0.912 bits per heavy atom. The van der Waals surface area contributed by atoms with Crippen LogP contribution in [-0.4, -0.2) is 35.2 Å². The van der Waals surface area contributed by atoms with E-state index in [0.29, 0.717) is 12.8 Å². The molecular weight excluding hydrogens is 432 g/mol. The average molecular weight is 477 g/mol. The Kier molecular flexibility index (Phi) is 15.7. The van der Waals surface area contributed by atoms with E-state index in [1.165, 1.54) is 39.5 Å². The number of unbranched alkanes of at least 4 members (excludes halogenated alkanes) is 5. The van der Waals surface area contributed by atoms with E-state index in [0.717, 1.165) is 32.1 Å². The Hall–Kier alpha value is -2.37. The number of carbonyl (C=O) groups excluding carboxylic acids is 2. The quantitative estimate of drug-likeness (QED) is 0.111. The van der Waals surface area contributed by atoms with Crippen LogP contribution in [0.1, 0.15) is 97.8 Å². The molecule has 0 aromatic carbocycles. The lowest BCUT2D eigenvalue weighted by molar-refractivity contribution is -0.150. The summed E-state index contributed by atoms with van der Waals surface area (Å²) in [6.45, 7) is 5.04. The predicted molar refractivity (Wildman–Crippen MR) is 134 cm³/mol. The summed E-state index contributed by atoms with van der Waals surface area (Å²) in [6.07, 6.45) is 22.4. The zero-order valence-corrected chi connectivity index (χ0v) is 21.2. The molecule has 1 aliphatic rings. The van der Waals surface area contributed by atoms with Crippen LogP contribution in [0.15, 0.2) is 36.5 Å². The number of carbonyl (C=O) groups is 3. The van der Waals surface area contributed by atoms with Crippen LogP contribution >= 0.6 is 0 Å². The molecule has 0 amide bonds. The first-order valence-corrected chi connectivity index (χ1v) is 12.9. The van der Waals surface area contributed by atoms with Crippen molar-refractivity contribution in [3.63, 3.8) is 0 Å². The van der Waals surface area contributed by atoms with Crippen molar-refractivity contribution in [2.24, 2.45) is 11.8 Å². The molecular formula is C28H44O6. The standard InChI is InChI=1S/C28H44O6/c1-4-5-6-7-8-9-17-25(33-22(2)29)18-12-10-15-24-16-11-13-19-26(24)27(34-23(3)30)20-14-21-28(31)32/h10-13,15,18,24-27H,4-9,14,16-17,19-21H2,1-3H3,(H,31,32)/b15-10+,18-12+. The first-order chi connectivity index (χ1) is 16.3. The Bertz CT molecular complexity index is 693. The van der Waals surface area contributed by atoms with Crippen LogP contribution in [0.5, 0.6) is 0 Å². The number of rotatable bonds is 17. The van der Waals surface area contributed by atoms with Crippen LogP contribution in [-0.2, 0) is 23.9 Å². The van der Waals surface area contributed by atoms with Crippen LogP contribution < -0.4 is 0 Å². The second-order valence-electron chi connectivity index (χ2n) is 9.18. The van der Waals surface area contributed by atoms with Crippen LogP contribution in [0.4, 0.5) is 0 Å². The Labute approximate surface area is 205 Å². The van der Waals surface area contributed by atoms with E-state index in [2.05, 4.69) is 25.2 Å². The molecule has 192 valence electrons. The summed E-state index contributed by atoms with van der Waals surface area (Å²) in [6, 6.07) is 0. The maximum atomic E-state index is 11.7. The van der Waals surface area contributed by atoms with Gasteiger partial charge in [0.15, 0.2) is 0 Å². The Balaban J connectivity index is 2.70. The molecule has 0 bridgehead atoms. The second kappa shape index (κ2) is 18.0. The molecule has 0 aromatic heterocycles. The number of aliphatic carboxylic acids is 1. The molecule has 0 fully saturated rings. The summed E-state index contributed by atoms with van der Waals surface area (Å²) < 4.78 is 11.1. The average Bonchev–Trinajstić information content (AvgIpc) is 2.77. The van der Waals surface area contributed by atoms with E-state index < -0.39 is 5.97 Å². The largest absolute Gasteiger partial charge is 0.481 e. The zero-order valence-electron chi connectivity index (χ0n) is 21.2. The first-order valence-electron chi connectivity index (χ1n) is 12.9. The fraction of sp³-hybridized carbons (Fsp3) is 0.679. The fourth-order valence-corrected chi connectivity index (χ4v) is 4.46. The number of hydrogen-bond donors (Lipinski definition) is 1. The van der Waals surface area contributed by atoms with Crippen molar-refractivity contribution in [1.29, 1.82) is 0 Å². The number of ether oxygens (including phenoxy) is 2. The van der Waals surface area contributed by atoms with Gasteiger partial charge in [-0.3, -0.25) is 14.4 Å². The monoisotopic (exact) mass is 476 g/mol. The predicted octanol–water partition coefficient (Wildman–Crippen LogP) is 6.55. The van der Waals surface area contributed by atoms with Gasteiger partial charge in [0, 0.05) is 26.2 Å². The molecule has 0 radical (unpaired) electrons. The van der Waals surface area contributed by atoms with Crippen molar-refractivity contribution in [3.8, 4) is 0 Å².